The van der Waals surface area contributed by atoms with E-state index in [2.05, 4.69) is 32.2 Å². The Hall–Kier alpha value is -1.70. The van der Waals surface area contributed by atoms with Crippen LogP contribution in [0, 0.1) is 12.3 Å². The molecule has 2 rings (SSSR count). The summed E-state index contributed by atoms with van der Waals surface area (Å²) in [6.07, 6.45) is 5.21. The first kappa shape index (κ1) is 14.7. The van der Waals surface area contributed by atoms with Crippen LogP contribution in [0.4, 0.5) is 5.82 Å². The van der Waals surface area contributed by atoms with Crippen LogP contribution in [0.2, 0.25) is 5.15 Å². The van der Waals surface area contributed by atoms with E-state index in [1.807, 2.05) is 30.3 Å². The summed E-state index contributed by atoms with van der Waals surface area (Å²) in [5.41, 5.74) is 0.983. The Balaban J connectivity index is 2.11. The number of rotatable bonds is 5. The van der Waals surface area contributed by atoms with Gasteiger partial charge in [-0.2, -0.15) is 0 Å². The first-order valence-electron chi connectivity index (χ1n) is 5.90. The number of anilines is 1. The Morgan fingerprint density at radius 2 is 2.20 bits per heavy atom. The molecule has 20 heavy (non-hydrogen) atoms. The van der Waals surface area contributed by atoms with E-state index in [4.69, 9.17) is 22.8 Å². The van der Waals surface area contributed by atoms with Crippen molar-refractivity contribution in [1.29, 1.82) is 0 Å². The smallest absolute Gasteiger partial charge is 0.148 e. The molecular weight excluding hydrogens is 340 g/mol. The van der Waals surface area contributed by atoms with Crippen molar-refractivity contribution < 1.29 is 4.74 Å². The summed E-state index contributed by atoms with van der Waals surface area (Å²) in [4.78, 5) is 4.17. The van der Waals surface area contributed by atoms with Crippen LogP contribution in [0.25, 0.3) is 0 Å². The number of nitrogens with zero attached hydrogens (tertiary/aromatic N) is 1. The average molecular weight is 352 g/mol. The van der Waals surface area contributed by atoms with Gasteiger partial charge in [-0.15, -0.1) is 6.42 Å². The van der Waals surface area contributed by atoms with Crippen LogP contribution in [0.3, 0.4) is 0 Å². The van der Waals surface area contributed by atoms with Gasteiger partial charge in [-0.25, -0.2) is 4.98 Å². The number of nitrogens with one attached hydrogen (secondary N) is 1. The van der Waals surface area contributed by atoms with Gasteiger partial charge in [0.2, 0.25) is 0 Å². The number of hydrogen-bond donors (Lipinski definition) is 1. The fourth-order valence-electron chi connectivity index (χ4n) is 1.64. The molecule has 0 aliphatic heterocycles. The van der Waals surface area contributed by atoms with Gasteiger partial charge in [0.05, 0.1) is 0 Å². The molecule has 0 saturated heterocycles. The Kier molecular flexibility index (Phi) is 5.28. The Labute approximate surface area is 131 Å². The molecule has 1 aromatic heterocycles. The van der Waals surface area contributed by atoms with Crippen LogP contribution in [0.5, 0.6) is 5.75 Å². The highest BCUT2D eigenvalue weighted by Gasteiger charge is 2.05. The van der Waals surface area contributed by atoms with Gasteiger partial charge in [-0.1, -0.05) is 39.5 Å². The van der Waals surface area contributed by atoms with Crippen molar-refractivity contribution in [3.63, 3.8) is 0 Å². The third kappa shape index (κ3) is 4.16. The standard InChI is InChI=1S/C15H12BrClN2O/c1-2-8-20-13-7-6-12(16)9-11(13)10-18-15-5-3-4-14(17)19-15/h1,3-7,9H,8,10H2,(H,18,19). The Morgan fingerprint density at radius 1 is 1.35 bits per heavy atom. The molecule has 0 amide bonds. The summed E-state index contributed by atoms with van der Waals surface area (Å²) in [7, 11) is 0. The summed E-state index contributed by atoms with van der Waals surface area (Å²) in [6, 6.07) is 11.2. The molecule has 0 bridgehead atoms. The van der Waals surface area contributed by atoms with Gasteiger partial charge < -0.3 is 10.1 Å². The normalized spacial score (nSPS) is 9.85. The molecule has 0 saturated carbocycles. The van der Waals surface area contributed by atoms with E-state index < -0.39 is 0 Å². The molecule has 0 atom stereocenters. The number of terminal acetylenes is 1. The SMILES string of the molecule is C#CCOc1ccc(Br)cc1CNc1cccc(Cl)n1. The van der Waals surface area contributed by atoms with Crippen LogP contribution in [-0.2, 0) is 6.54 Å². The number of aromatic nitrogens is 1. The van der Waals surface area contributed by atoms with Crippen LogP contribution >= 0.6 is 27.5 Å². The highest BCUT2D eigenvalue weighted by molar-refractivity contribution is 9.10. The number of hydrogen-bond acceptors (Lipinski definition) is 3. The maximum atomic E-state index is 5.85. The molecule has 102 valence electrons. The lowest BCUT2D eigenvalue weighted by Gasteiger charge is -2.11. The van der Waals surface area contributed by atoms with Gasteiger partial charge in [0.25, 0.3) is 0 Å². The van der Waals surface area contributed by atoms with Crippen LogP contribution in [-0.4, -0.2) is 11.6 Å². The van der Waals surface area contributed by atoms with Crippen LogP contribution in [0.15, 0.2) is 40.9 Å². The number of halogens is 2. The van der Waals surface area contributed by atoms with Crippen molar-refractivity contribution >= 4 is 33.3 Å². The Bertz CT molecular complexity index is 640. The summed E-state index contributed by atoms with van der Waals surface area (Å²) in [6.45, 7) is 0.802. The van der Waals surface area contributed by atoms with Crippen molar-refractivity contribution in [2.45, 2.75) is 6.54 Å². The zero-order chi connectivity index (χ0) is 14.4. The van der Waals surface area contributed by atoms with Crippen molar-refractivity contribution in [2.75, 3.05) is 11.9 Å². The van der Waals surface area contributed by atoms with Gasteiger partial charge in [-0.05, 0) is 30.3 Å². The minimum atomic E-state index is 0.240. The van der Waals surface area contributed by atoms with Gasteiger partial charge in [0.1, 0.15) is 23.3 Å². The molecule has 1 heterocycles. The number of ether oxygens (including phenoxy) is 1. The summed E-state index contributed by atoms with van der Waals surface area (Å²) >= 11 is 9.29. The van der Waals surface area contributed by atoms with Gasteiger partial charge >= 0.3 is 0 Å². The zero-order valence-electron chi connectivity index (χ0n) is 10.6. The molecule has 0 unspecified atom stereocenters. The molecule has 0 aliphatic carbocycles. The van der Waals surface area contributed by atoms with Crippen molar-refractivity contribution in [3.05, 3.63) is 51.6 Å². The fraction of sp³-hybridized carbons (Fsp3) is 0.133. The molecular formula is C15H12BrClN2O. The summed E-state index contributed by atoms with van der Waals surface area (Å²) < 4.78 is 6.48. The number of benzene rings is 1. The Morgan fingerprint density at radius 3 is 2.95 bits per heavy atom. The van der Waals surface area contributed by atoms with Gasteiger partial charge in [0, 0.05) is 16.6 Å². The third-order valence-corrected chi connectivity index (χ3v) is 3.21. The van der Waals surface area contributed by atoms with Gasteiger partial charge in [-0.3, -0.25) is 0 Å². The highest BCUT2D eigenvalue weighted by atomic mass is 79.9. The van der Waals surface area contributed by atoms with E-state index in [0.29, 0.717) is 17.5 Å². The van der Waals surface area contributed by atoms with Crippen molar-refractivity contribution in [3.8, 4) is 18.1 Å². The maximum Gasteiger partial charge on any atom is 0.148 e. The van der Waals surface area contributed by atoms with E-state index in [-0.39, 0.29) is 6.61 Å². The minimum absolute atomic E-state index is 0.240. The maximum absolute atomic E-state index is 5.85. The molecule has 2 aromatic rings. The molecule has 3 nitrogen and oxygen atoms in total. The van der Waals surface area contributed by atoms with Crippen molar-refractivity contribution in [2.24, 2.45) is 0 Å². The predicted molar refractivity (Wildman–Crippen MR) is 85.0 cm³/mol. The second-order valence-corrected chi connectivity index (χ2v) is 5.25. The molecule has 0 radical (unpaired) electrons. The third-order valence-electron chi connectivity index (χ3n) is 2.51. The molecule has 0 fully saturated rings. The van der Waals surface area contributed by atoms with E-state index in [1.165, 1.54) is 0 Å². The topological polar surface area (TPSA) is 34.1 Å². The first-order chi connectivity index (χ1) is 9.69. The summed E-state index contributed by atoms with van der Waals surface area (Å²) in [5.74, 6) is 3.91. The highest BCUT2D eigenvalue weighted by Crippen LogP contribution is 2.24. The number of pyridine rings is 1. The largest absolute Gasteiger partial charge is 0.481 e. The average Bonchev–Trinajstić information content (AvgIpc) is 2.44. The van der Waals surface area contributed by atoms with Crippen LogP contribution < -0.4 is 10.1 Å². The molecule has 0 spiro atoms. The lowest BCUT2D eigenvalue weighted by atomic mass is 10.2. The van der Waals surface area contributed by atoms with Gasteiger partial charge in [0.15, 0.2) is 0 Å². The lowest BCUT2D eigenvalue weighted by molar-refractivity contribution is 0.366. The monoisotopic (exact) mass is 350 g/mol. The second-order valence-electron chi connectivity index (χ2n) is 3.94. The quantitative estimate of drug-likeness (QED) is 0.650. The molecule has 0 aliphatic rings. The van der Waals surface area contributed by atoms with Crippen molar-refractivity contribution in [1.82, 2.24) is 4.98 Å². The fourth-order valence-corrected chi connectivity index (χ4v) is 2.21. The minimum Gasteiger partial charge on any atom is -0.481 e. The van der Waals surface area contributed by atoms with E-state index in [0.717, 1.165) is 15.8 Å². The van der Waals surface area contributed by atoms with E-state index in [9.17, 15) is 0 Å². The molecule has 1 aromatic carbocycles. The van der Waals surface area contributed by atoms with E-state index >= 15 is 0 Å². The lowest BCUT2D eigenvalue weighted by Crippen LogP contribution is -2.04. The van der Waals surface area contributed by atoms with Crippen LogP contribution in [0.1, 0.15) is 5.56 Å². The molecule has 5 heteroatoms. The summed E-state index contributed by atoms with van der Waals surface area (Å²) in [5, 5.41) is 3.65. The predicted octanol–water partition coefficient (Wildman–Crippen LogP) is 4.12. The first-order valence-corrected chi connectivity index (χ1v) is 7.07. The second kappa shape index (κ2) is 7.18. The molecule has 1 N–H and O–H groups in total. The van der Waals surface area contributed by atoms with E-state index in [1.54, 1.807) is 6.07 Å². The zero-order valence-corrected chi connectivity index (χ0v) is 12.9.